The van der Waals surface area contributed by atoms with Crippen LogP contribution < -0.4 is 5.32 Å². The quantitative estimate of drug-likeness (QED) is 0.647. The lowest BCUT2D eigenvalue weighted by atomic mass is 10.1. The van der Waals surface area contributed by atoms with Crippen molar-refractivity contribution in [3.8, 4) is 0 Å². The maximum Gasteiger partial charge on any atom is 0.254 e. The Kier molecular flexibility index (Phi) is 5.73. The molecule has 0 bridgehead atoms. The Bertz CT molecular complexity index is 1050. The summed E-state index contributed by atoms with van der Waals surface area (Å²) >= 11 is 3.16. The van der Waals surface area contributed by atoms with Crippen molar-refractivity contribution in [1.82, 2.24) is 19.9 Å². The van der Waals surface area contributed by atoms with Crippen molar-refractivity contribution >= 4 is 44.5 Å². The van der Waals surface area contributed by atoms with Crippen molar-refractivity contribution in [1.29, 1.82) is 0 Å². The van der Waals surface area contributed by atoms with Gasteiger partial charge in [0.05, 0.1) is 17.7 Å². The van der Waals surface area contributed by atoms with Gasteiger partial charge in [-0.25, -0.2) is 9.07 Å². The SMILES string of the molecule is CC(C)n1nnc2cc(C(=O)N(C)CC(=O)Nc3ccc(Br)cc3F)ccc21. The summed E-state index contributed by atoms with van der Waals surface area (Å²) in [6.45, 7) is 3.77. The van der Waals surface area contributed by atoms with Crippen LogP contribution in [0.1, 0.15) is 30.2 Å². The second-order valence-electron chi connectivity index (χ2n) is 6.66. The van der Waals surface area contributed by atoms with Crippen LogP contribution >= 0.6 is 15.9 Å². The first-order chi connectivity index (χ1) is 13.3. The van der Waals surface area contributed by atoms with Gasteiger partial charge in [0, 0.05) is 23.1 Å². The third-order valence-electron chi connectivity index (χ3n) is 4.14. The Hall–Kier alpha value is -2.81. The van der Waals surface area contributed by atoms with Gasteiger partial charge < -0.3 is 10.2 Å². The summed E-state index contributed by atoms with van der Waals surface area (Å²) in [5.41, 5.74) is 1.89. The number of carbonyl (C=O) groups is 2. The van der Waals surface area contributed by atoms with E-state index < -0.39 is 11.7 Å². The number of rotatable bonds is 5. The van der Waals surface area contributed by atoms with Crippen molar-refractivity contribution in [2.24, 2.45) is 0 Å². The molecule has 0 atom stereocenters. The highest BCUT2D eigenvalue weighted by Crippen LogP contribution is 2.20. The number of fused-ring (bicyclic) bond motifs is 1. The minimum atomic E-state index is -0.560. The van der Waals surface area contributed by atoms with Gasteiger partial charge in [-0.3, -0.25) is 9.59 Å². The summed E-state index contributed by atoms with van der Waals surface area (Å²) in [6, 6.07) is 9.58. The van der Waals surface area contributed by atoms with E-state index >= 15 is 0 Å². The molecular weight excluding hydrogens is 429 g/mol. The highest BCUT2D eigenvalue weighted by Gasteiger charge is 2.18. The first-order valence-electron chi connectivity index (χ1n) is 8.61. The second-order valence-corrected chi connectivity index (χ2v) is 7.58. The van der Waals surface area contributed by atoms with Gasteiger partial charge in [0.25, 0.3) is 5.91 Å². The zero-order valence-corrected chi connectivity index (χ0v) is 17.2. The van der Waals surface area contributed by atoms with Gasteiger partial charge in [-0.2, -0.15) is 0 Å². The molecule has 3 rings (SSSR count). The molecule has 1 heterocycles. The van der Waals surface area contributed by atoms with Crippen molar-refractivity contribution in [2.45, 2.75) is 19.9 Å². The summed E-state index contributed by atoms with van der Waals surface area (Å²) in [6.07, 6.45) is 0. The van der Waals surface area contributed by atoms with Crippen LogP contribution in [-0.4, -0.2) is 45.3 Å². The van der Waals surface area contributed by atoms with E-state index in [-0.39, 0.29) is 24.2 Å². The molecule has 0 saturated carbocycles. The van der Waals surface area contributed by atoms with Gasteiger partial charge in [-0.15, -0.1) is 5.10 Å². The predicted molar refractivity (Wildman–Crippen MR) is 108 cm³/mol. The number of amides is 2. The van der Waals surface area contributed by atoms with E-state index in [9.17, 15) is 14.0 Å². The molecule has 0 radical (unpaired) electrons. The molecule has 1 aromatic heterocycles. The van der Waals surface area contributed by atoms with Crippen molar-refractivity contribution in [3.05, 3.63) is 52.3 Å². The molecule has 0 spiro atoms. The molecule has 28 heavy (non-hydrogen) atoms. The molecule has 2 aromatic carbocycles. The lowest BCUT2D eigenvalue weighted by Gasteiger charge is -2.17. The van der Waals surface area contributed by atoms with Gasteiger partial charge in [-0.1, -0.05) is 21.1 Å². The summed E-state index contributed by atoms with van der Waals surface area (Å²) in [5, 5.41) is 10.6. The maximum atomic E-state index is 13.8. The zero-order valence-electron chi connectivity index (χ0n) is 15.6. The number of hydrogen-bond acceptors (Lipinski definition) is 4. The lowest BCUT2D eigenvalue weighted by molar-refractivity contribution is -0.116. The molecule has 0 aliphatic carbocycles. The number of nitrogens with one attached hydrogen (secondary N) is 1. The highest BCUT2D eigenvalue weighted by molar-refractivity contribution is 9.10. The van der Waals surface area contributed by atoms with Gasteiger partial charge in [-0.05, 0) is 50.2 Å². The van der Waals surface area contributed by atoms with Crippen LogP contribution in [0.25, 0.3) is 11.0 Å². The number of halogens is 2. The smallest absolute Gasteiger partial charge is 0.254 e. The first kappa shape index (κ1) is 19.9. The van der Waals surface area contributed by atoms with E-state index in [1.54, 1.807) is 28.9 Å². The van der Waals surface area contributed by atoms with Crippen molar-refractivity contribution in [2.75, 3.05) is 18.9 Å². The Morgan fingerprint density at radius 2 is 2.00 bits per heavy atom. The average Bonchev–Trinajstić information content (AvgIpc) is 3.06. The average molecular weight is 448 g/mol. The minimum absolute atomic E-state index is 0.0563. The normalized spacial score (nSPS) is 11.1. The fourth-order valence-electron chi connectivity index (χ4n) is 2.74. The molecule has 9 heteroatoms. The fraction of sp³-hybridized carbons (Fsp3) is 0.263. The highest BCUT2D eigenvalue weighted by atomic mass is 79.9. The summed E-state index contributed by atoms with van der Waals surface area (Å²) < 4.78 is 16.2. The van der Waals surface area contributed by atoms with E-state index in [4.69, 9.17) is 0 Å². The number of carbonyl (C=O) groups excluding carboxylic acids is 2. The molecule has 0 aliphatic heterocycles. The molecule has 0 unspecified atom stereocenters. The molecule has 146 valence electrons. The molecule has 1 N–H and O–H groups in total. The number of benzene rings is 2. The number of aromatic nitrogens is 3. The predicted octanol–water partition coefficient (Wildman–Crippen LogP) is 3.62. The molecule has 0 aliphatic rings. The Morgan fingerprint density at radius 3 is 2.68 bits per heavy atom. The summed E-state index contributed by atoms with van der Waals surface area (Å²) in [5.74, 6) is -1.40. The van der Waals surface area contributed by atoms with Crippen LogP contribution in [0.4, 0.5) is 10.1 Å². The van der Waals surface area contributed by atoms with Gasteiger partial charge in [0.15, 0.2) is 0 Å². The summed E-state index contributed by atoms with van der Waals surface area (Å²) in [4.78, 5) is 26.1. The number of anilines is 1. The lowest BCUT2D eigenvalue weighted by Crippen LogP contribution is -2.35. The van der Waals surface area contributed by atoms with Crippen molar-refractivity contribution in [3.63, 3.8) is 0 Å². The zero-order chi connectivity index (χ0) is 20.4. The van der Waals surface area contributed by atoms with Crippen molar-refractivity contribution < 1.29 is 14.0 Å². The van der Waals surface area contributed by atoms with E-state index in [0.29, 0.717) is 15.6 Å². The maximum absolute atomic E-state index is 13.8. The number of likely N-dealkylation sites (N-methyl/N-ethyl adjacent to an activating group) is 1. The Labute approximate surface area is 169 Å². The number of nitrogens with zero attached hydrogens (tertiary/aromatic N) is 4. The molecule has 0 saturated heterocycles. The van der Waals surface area contributed by atoms with Crippen LogP contribution in [0.5, 0.6) is 0 Å². The van der Waals surface area contributed by atoms with Gasteiger partial charge >= 0.3 is 0 Å². The van der Waals surface area contributed by atoms with E-state index in [1.165, 1.54) is 24.1 Å². The second kappa shape index (κ2) is 8.05. The Balaban J connectivity index is 1.70. The van der Waals surface area contributed by atoms with E-state index in [2.05, 4.69) is 31.6 Å². The monoisotopic (exact) mass is 447 g/mol. The Morgan fingerprint density at radius 1 is 1.25 bits per heavy atom. The molecular formula is C19H19BrFN5O2. The van der Waals surface area contributed by atoms with Gasteiger partial charge in [0.2, 0.25) is 5.91 Å². The van der Waals surface area contributed by atoms with Crippen LogP contribution in [-0.2, 0) is 4.79 Å². The fourth-order valence-corrected chi connectivity index (χ4v) is 3.08. The standard InChI is InChI=1S/C19H19BrFN5O2/c1-11(2)26-17-7-4-12(8-16(17)23-24-26)19(28)25(3)10-18(27)22-15-6-5-13(20)9-14(15)21/h4-9,11H,10H2,1-3H3,(H,22,27). The van der Waals surface area contributed by atoms with Crippen LogP contribution in [0.2, 0.25) is 0 Å². The van der Waals surface area contributed by atoms with E-state index in [0.717, 1.165) is 5.52 Å². The van der Waals surface area contributed by atoms with Crippen LogP contribution in [0.3, 0.4) is 0 Å². The molecule has 0 fully saturated rings. The minimum Gasteiger partial charge on any atom is -0.332 e. The molecule has 7 nitrogen and oxygen atoms in total. The summed E-state index contributed by atoms with van der Waals surface area (Å²) in [7, 11) is 1.51. The third kappa shape index (κ3) is 4.19. The molecule has 2 amide bonds. The van der Waals surface area contributed by atoms with Crippen LogP contribution in [0, 0.1) is 5.82 Å². The first-order valence-corrected chi connectivity index (χ1v) is 9.41. The van der Waals surface area contributed by atoms with Crippen LogP contribution in [0.15, 0.2) is 40.9 Å². The third-order valence-corrected chi connectivity index (χ3v) is 4.63. The van der Waals surface area contributed by atoms with E-state index in [1.807, 2.05) is 13.8 Å². The van der Waals surface area contributed by atoms with Gasteiger partial charge in [0.1, 0.15) is 11.3 Å². The molecule has 3 aromatic rings. The topological polar surface area (TPSA) is 80.1 Å². The largest absolute Gasteiger partial charge is 0.332 e. The number of hydrogen-bond donors (Lipinski definition) is 1.